The standard InChI is InChI=1S/C26H26NOP/c1-28-26-18-17-21(19-25(26)27)20-29(22-11-5-2-6-12-22,23-13-7-3-8-14-23)24-15-9-4-10-16-24/h2-19,29H,20,27H2,1H3. The first kappa shape index (κ1) is 19.2. The van der Waals surface area contributed by atoms with Gasteiger partial charge < -0.3 is 0 Å². The van der Waals surface area contributed by atoms with Gasteiger partial charge in [-0.05, 0) is 0 Å². The van der Waals surface area contributed by atoms with Gasteiger partial charge in [-0.3, -0.25) is 0 Å². The molecule has 0 unspecified atom stereocenters. The van der Waals surface area contributed by atoms with Crippen LogP contribution in [-0.4, -0.2) is 7.11 Å². The summed E-state index contributed by atoms with van der Waals surface area (Å²) >= 11 is 0. The van der Waals surface area contributed by atoms with Gasteiger partial charge in [0.25, 0.3) is 0 Å². The van der Waals surface area contributed by atoms with E-state index in [1.54, 1.807) is 7.11 Å². The molecule has 0 aliphatic rings. The second kappa shape index (κ2) is 8.51. The fourth-order valence-electron chi connectivity index (χ4n) is 4.17. The van der Waals surface area contributed by atoms with Gasteiger partial charge >= 0.3 is 173 Å². The van der Waals surface area contributed by atoms with E-state index < -0.39 is 7.26 Å². The van der Waals surface area contributed by atoms with E-state index in [0.717, 1.165) is 11.9 Å². The molecular weight excluding hydrogens is 373 g/mol. The molecule has 0 saturated carbocycles. The molecule has 2 nitrogen and oxygen atoms in total. The normalized spacial score (nSPS) is 11.8. The van der Waals surface area contributed by atoms with E-state index in [9.17, 15) is 0 Å². The van der Waals surface area contributed by atoms with Gasteiger partial charge in [-0.25, -0.2) is 0 Å². The van der Waals surface area contributed by atoms with Crippen molar-refractivity contribution in [2.45, 2.75) is 6.16 Å². The molecule has 0 aromatic heterocycles. The first-order valence-corrected chi connectivity index (χ1v) is 12.0. The molecule has 0 radical (unpaired) electrons. The van der Waals surface area contributed by atoms with Crippen molar-refractivity contribution < 1.29 is 4.74 Å². The molecule has 2 N–H and O–H groups in total. The summed E-state index contributed by atoms with van der Waals surface area (Å²) in [5.74, 6) is 0.722. The molecule has 0 heterocycles. The Kier molecular flexibility index (Phi) is 5.64. The average Bonchev–Trinajstić information content (AvgIpc) is 2.79. The van der Waals surface area contributed by atoms with Crippen LogP contribution in [0.2, 0.25) is 0 Å². The molecule has 0 aliphatic carbocycles. The Labute approximate surface area is 173 Å². The zero-order chi connectivity index (χ0) is 20.1. The molecule has 0 aliphatic heterocycles. The molecule has 4 rings (SSSR count). The van der Waals surface area contributed by atoms with Crippen molar-refractivity contribution in [2.24, 2.45) is 0 Å². The minimum absolute atomic E-state index is 0.682. The van der Waals surface area contributed by atoms with E-state index in [1.807, 2.05) is 6.07 Å². The van der Waals surface area contributed by atoms with Gasteiger partial charge in [0.15, 0.2) is 0 Å². The zero-order valence-electron chi connectivity index (χ0n) is 16.6. The molecule has 0 bridgehead atoms. The summed E-state index contributed by atoms with van der Waals surface area (Å²) in [7, 11) is -0.656. The van der Waals surface area contributed by atoms with E-state index in [-0.39, 0.29) is 0 Å². The fourth-order valence-corrected chi connectivity index (χ4v) is 8.90. The number of rotatable bonds is 6. The molecule has 0 spiro atoms. The zero-order valence-corrected chi connectivity index (χ0v) is 17.6. The van der Waals surface area contributed by atoms with Crippen LogP contribution in [0.5, 0.6) is 5.75 Å². The van der Waals surface area contributed by atoms with E-state index in [4.69, 9.17) is 10.5 Å². The number of nitrogen functional groups attached to an aromatic ring is 1. The first-order valence-electron chi connectivity index (χ1n) is 9.83. The van der Waals surface area contributed by atoms with Gasteiger partial charge in [-0.15, -0.1) is 0 Å². The van der Waals surface area contributed by atoms with Crippen LogP contribution < -0.4 is 26.4 Å². The maximum atomic E-state index is 6.26. The SMILES string of the molecule is COc1ccc(C[PH](c2ccccc2)(c2ccccc2)c2ccccc2)cc1N. The Balaban J connectivity index is 1.96. The van der Waals surface area contributed by atoms with Gasteiger partial charge in [0.2, 0.25) is 0 Å². The quantitative estimate of drug-likeness (QED) is 0.383. The van der Waals surface area contributed by atoms with Crippen LogP contribution in [0.4, 0.5) is 5.69 Å². The fraction of sp³-hybridized carbons (Fsp3) is 0.0769. The van der Waals surface area contributed by atoms with Crippen LogP contribution in [-0.2, 0) is 6.16 Å². The van der Waals surface area contributed by atoms with Crippen LogP contribution >= 0.6 is 7.26 Å². The summed E-state index contributed by atoms with van der Waals surface area (Å²) in [4.78, 5) is 0. The summed E-state index contributed by atoms with van der Waals surface area (Å²) in [6.45, 7) is 0. The van der Waals surface area contributed by atoms with Gasteiger partial charge in [0.05, 0.1) is 0 Å². The summed E-state index contributed by atoms with van der Waals surface area (Å²) in [5, 5.41) is 4.19. The number of ether oxygens (including phenoxy) is 1. The third-order valence-electron chi connectivity index (χ3n) is 5.56. The van der Waals surface area contributed by atoms with Gasteiger partial charge in [0.1, 0.15) is 0 Å². The predicted octanol–water partition coefficient (Wildman–Crippen LogP) is 4.50. The van der Waals surface area contributed by atoms with Crippen molar-refractivity contribution in [3.63, 3.8) is 0 Å². The Morgan fingerprint density at radius 1 is 0.655 bits per heavy atom. The van der Waals surface area contributed by atoms with Crippen LogP contribution in [0, 0.1) is 0 Å². The summed E-state index contributed by atoms with van der Waals surface area (Å²) in [6, 6.07) is 39.0. The van der Waals surface area contributed by atoms with Gasteiger partial charge in [-0.2, -0.15) is 0 Å². The minimum atomic E-state index is -2.31. The predicted molar refractivity (Wildman–Crippen MR) is 128 cm³/mol. The molecule has 4 aromatic carbocycles. The number of hydrogen-bond acceptors (Lipinski definition) is 2. The number of nitrogens with two attached hydrogens (primary N) is 1. The summed E-state index contributed by atoms with van der Waals surface area (Å²) in [6.07, 6.45) is 0.930. The van der Waals surface area contributed by atoms with Crippen molar-refractivity contribution in [3.05, 3.63) is 115 Å². The molecule has 4 aromatic rings. The Morgan fingerprint density at radius 2 is 1.10 bits per heavy atom. The van der Waals surface area contributed by atoms with E-state index in [2.05, 4.69) is 103 Å². The number of benzene rings is 4. The topological polar surface area (TPSA) is 35.2 Å². The summed E-state index contributed by atoms with van der Waals surface area (Å²) in [5.41, 5.74) is 8.17. The third-order valence-corrected chi connectivity index (χ3v) is 10.5. The van der Waals surface area contributed by atoms with Crippen molar-refractivity contribution in [1.29, 1.82) is 0 Å². The third kappa shape index (κ3) is 3.77. The van der Waals surface area contributed by atoms with Crippen LogP contribution in [0.3, 0.4) is 0 Å². The molecular formula is C26H26NOP. The number of anilines is 1. The van der Waals surface area contributed by atoms with E-state index in [1.165, 1.54) is 21.5 Å². The van der Waals surface area contributed by atoms with Gasteiger partial charge in [0, 0.05) is 0 Å². The maximum absolute atomic E-state index is 6.26. The van der Waals surface area contributed by atoms with Crippen LogP contribution in [0.25, 0.3) is 0 Å². The molecule has 146 valence electrons. The van der Waals surface area contributed by atoms with Crippen LogP contribution in [0.15, 0.2) is 109 Å². The summed E-state index contributed by atoms with van der Waals surface area (Å²) < 4.78 is 5.37. The Morgan fingerprint density at radius 3 is 1.48 bits per heavy atom. The molecule has 29 heavy (non-hydrogen) atoms. The molecule has 0 fully saturated rings. The Hall–Kier alpha value is -3.09. The molecule has 0 atom stereocenters. The number of methoxy groups -OCH3 is 1. The average molecular weight is 399 g/mol. The van der Waals surface area contributed by atoms with Crippen molar-refractivity contribution >= 4 is 28.9 Å². The van der Waals surface area contributed by atoms with E-state index in [0.29, 0.717) is 5.69 Å². The molecule has 0 saturated heterocycles. The second-order valence-corrected chi connectivity index (χ2v) is 11.2. The number of hydrogen-bond donors (Lipinski definition) is 1. The van der Waals surface area contributed by atoms with E-state index >= 15 is 0 Å². The first-order chi connectivity index (χ1) is 14.2. The van der Waals surface area contributed by atoms with Gasteiger partial charge in [-0.1, -0.05) is 0 Å². The van der Waals surface area contributed by atoms with Crippen LogP contribution in [0.1, 0.15) is 5.56 Å². The van der Waals surface area contributed by atoms with Crippen molar-refractivity contribution in [2.75, 3.05) is 12.8 Å². The second-order valence-electron chi connectivity index (χ2n) is 7.26. The molecule has 0 amide bonds. The van der Waals surface area contributed by atoms with Crippen molar-refractivity contribution in [1.82, 2.24) is 0 Å². The Bertz CT molecular complexity index is 969. The molecule has 3 heteroatoms. The van der Waals surface area contributed by atoms with Crippen molar-refractivity contribution in [3.8, 4) is 5.75 Å². The monoisotopic (exact) mass is 399 g/mol.